The van der Waals surface area contributed by atoms with Gasteiger partial charge in [-0.15, -0.1) is 0 Å². The average molecular weight is 324 g/mol. The zero-order valence-corrected chi connectivity index (χ0v) is 13.3. The molecule has 0 bridgehead atoms. The highest BCUT2D eigenvalue weighted by molar-refractivity contribution is 5.95. The molecule has 0 atom stereocenters. The first-order chi connectivity index (χ1) is 10.9. The number of rotatable bonds is 8. The Bertz CT molecular complexity index is 569. The van der Waals surface area contributed by atoms with Crippen LogP contribution in [-0.4, -0.2) is 37.1 Å². The van der Waals surface area contributed by atoms with Crippen molar-refractivity contribution in [1.82, 2.24) is 0 Å². The molecule has 0 saturated carbocycles. The molecule has 0 unspecified atom stereocenters. The van der Waals surface area contributed by atoms with E-state index in [-0.39, 0.29) is 30.9 Å². The Labute approximate surface area is 133 Å². The normalized spacial score (nSPS) is 10.3. The van der Waals surface area contributed by atoms with Crippen LogP contribution in [0.1, 0.15) is 19.4 Å². The van der Waals surface area contributed by atoms with Crippen molar-refractivity contribution in [3.05, 3.63) is 33.9 Å². The van der Waals surface area contributed by atoms with Crippen LogP contribution in [0.4, 0.5) is 11.4 Å². The summed E-state index contributed by atoms with van der Waals surface area (Å²) in [6.45, 7) is 3.44. The third-order valence-electron chi connectivity index (χ3n) is 3.14. The Morgan fingerprint density at radius 3 is 2.22 bits per heavy atom. The monoisotopic (exact) mass is 324 g/mol. The molecule has 1 aromatic carbocycles. The van der Waals surface area contributed by atoms with Crippen LogP contribution in [0.5, 0.6) is 0 Å². The van der Waals surface area contributed by atoms with Crippen LogP contribution in [0, 0.1) is 16.0 Å². The molecule has 1 rings (SSSR count). The standard InChI is InChI=1S/C15H20N2O6/c1-4-22-14(18)12(15(19)23-5-2)8-10-6-7-11(16-3)9-13(10)17(20)21/h6-7,9,12,16H,4-5,8H2,1-3H3. The largest absolute Gasteiger partial charge is 0.465 e. The summed E-state index contributed by atoms with van der Waals surface area (Å²) in [5.74, 6) is -2.73. The third-order valence-corrected chi connectivity index (χ3v) is 3.14. The van der Waals surface area contributed by atoms with Crippen molar-refractivity contribution < 1.29 is 24.0 Å². The number of carbonyl (C=O) groups is 2. The van der Waals surface area contributed by atoms with E-state index in [0.717, 1.165) is 0 Å². The summed E-state index contributed by atoms with van der Waals surface area (Å²) >= 11 is 0. The van der Waals surface area contributed by atoms with E-state index in [1.807, 2.05) is 0 Å². The number of hydrogen-bond donors (Lipinski definition) is 1. The molecular formula is C15H20N2O6. The minimum atomic E-state index is -1.23. The molecule has 0 saturated heterocycles. The number of anilines is 1. The van der Waals surface area contributed by atoms with E-state index >= 15 is 0 Å². The smallest absolute Gasteiger partial charge is 0.320 e. The Morgan fingerprint density at radius 2 is 1.78 bits per heavy atom. The third kappa shape index (κ3) is 4.94. The van der Waals surface area contributed by atoms with Gasteiger partial charge in [0.15, 0.2) is 5.92 Å². The number of hydrogen-bond acceptors (Lipinski definition) is 7. The SMILES string of the molecule is CCOC(=O)C(Cc1ccc(NC)cc1[N+](=O)[O-])C(=O)OCC. The van der Waals surface area contributed by atoms with Crippen LogP contribution >= 0.6 is 0 Å². The van der Waals surface area contributed by atoms with Gasteiger partial charge in [-0.3, -0.25) is 19.7 Å². The molecule has 8 nitrogen and oxygen atoms in total. The molecule has 0 amide bonds. The van der Waals surface area contributed by atoms with E-state index in [9.17, 15) is 19.7 Å². The summed E-state index contributed by atoms with van der Waals surface area (Å²) in [6, 6.07) is 4.49. The maximum Gasteiger partial charge on any atom is 0.320 e. The highest BCUT2D eigenvalue weighted by Crippen LogP contribution is 2.26. The van der Waals surface area contributed by atoms with Crippen molar-refractivity contribution in [2.24, 2.45) is 5.92 Å². The van der Waals surface area contributed by atoms with Gasteiger partial charge in [0.25, 0.3) is 5.69 Å². The molecule has 23 heavy (non-hydrogen) atoms. The van der Waals surface area contributed by atoms with Crippen molar-refractivity contribution in [2.75, 3.05) is 25.6 Å². The second kappa shape index (κ2) is 8.72. The maximum absolute atomic E-state index is 12.0. The Balaban J connectivity index is 3.14. The second-order valence-electron chi connectivity index (χ2n) is 4.61. The highest BCUT2D eigenvalue weighted by Gasteiger charge is 2.32. The van der Waals surface area contributed by atoms with E-state index in [1.165, 1.54) is 12.1 Å². The van der Waals surface area contributed by atoms with Crippen LogP contribution in [0.25, 0.3) is 0 Å². The van der Waals surface area contributed by atoms with Gasteiger partial charge in [-0.2, -0.15) is 0 Å². The summed E-state index contributed by atoms with van der Waals surface area (Å²) in [6.07, 6.45) is -0.155. The minimum Gasteiger partial charge on any atom is -0.465 e. The zero-order valence-electron chi connectivity index (χ0n) is 13.3. The molecule has 0 fully saturated rings. The van der Waals surface area contributed by atoms with Crippen LogP contribution in [0.15, 0.2) is 18.2 Å². The summed E-state index contributed by atoms with van der Waals surface area (Å²) in [4.78, 5) is 34.6. The van der Waals surface area contributed by atoms with Gasteiger partial charge < -0.3 is 14.8 Å². The molecule has 8 heteroatoms. The van der Waals surface area contributed by atoms with Gasteiger partial charge in [-0.05, 0) is 19.9 Å². The van der Waals surface area contributed by atoms with Gasteiger partial charge in [-0.1, -0.05) is 6.07 Å². The molecule has 1 N–H and O–H groups in total. The number of carbonyl (C=O) groups excluding carboxylic acids is 2. The average Bonchev–Trinajstić information content (AvgIpc) is 2.52. The Kier molecular flexibility index (Phi) is 6.98. The molecule has 0 aliphatic carbocycles. The minimum absolute atomic E-state index is 0.107. The number of nitro groups is 1. The van der Waals surface area contributed by atoms with Gasteiger partial charge in [0.1, 0.15) is 0 Å². The molecule has 0 aromatic heterocycles. The first-order valence-corrected chi connectivity index (χ1v) is 7.22. The lowest BCUT2D eigenvalue weighted by atomic mass is 9.97. The van der Waals surface area contributed by atoms with Gasteiger partial charge in [0.05, 0.1) is 18.1 Å². The fraction of sp³-hybridized carbons (Fsp3) is 0.467. The van der Waals surface area contributed by atoms with Gasteiger partial charge in [-0.25, -0.2) is 0 Å². The molecular weight excluding hydrogens is 304 g/mol. The molecule has 0 aliphatic rings. The van der Waals surface area contributed by atoms with Crippen molar-refractivity contribution in [3.63, 3.8) is 0 Å². The van der Waals surface area contributed by atoms with E-state index in [0.29, 0.717) is 5.69 Å². The van der Waals surface area contributed by atoms with Gasteiger partial charge >= 0.3 is 11.9 Å². The van der Waals surface area contributed by atoms with Crippen LogP contribution < -0.4 is 5.32 Å². The maximum atomic E-state index is 12.0. The summed E-state index contributed by atoms with van der Waals surface area (Å²) in [5.41, 5.74) is 0.653. The predicted octanol–water partition coefficient (Wildman–Crippen LogP) is 1.92. The molecule has 0 heterocycles. The fourth-order valence-corrected chi connectivity index (χ4v) is 2.03. The quantitative estimate of drug-likeness (QED) is 0.337. The summed E-state index contributed by atoms with van der Waals surface area (Å²) in [5, 5.41) is 14.0. The van der Waals surface area contributed by atoms with E-state index in [4.69, 9.17) is 9.47 Å². The summed E-state index contributed by atoms with van der Waals surface area (Å²) in [7, 11) is 1.64. The number of ether oxygens (including phenoxy) is 2. The highest BCUT2D eigenvalue weighted by atomic mass is 16.6. The van der Waals surface area contributed by atoms with Crippen molar-refractivity contribution >= 4 is 23.3 Å². The van der Waals surface area contributed by atoms with E-state index in [1.54, 1.807) is 27.0 Å². The van der Waals surface area contributed by atoms with Gasteiger partial charge in [0, 0.05) is 30.8 Å². The van der Waals surface area contributed by atoms with Crippen LogP contribution in [0.2, 0.25) is 0 Å². The lowest BCUT2D eigenvalue weighted by molar-refractivity contribution is -0.385. The lowest BCUT2D eigenvalue weighted by Crippen LogP contribution is -2.30. The molecule has 0 spiro atoms. The van der Waals surface area contributed by atoms with Crippen molar-refractivity contribution in [1.29, 1.82) is 0 Å². The first kappa shape index (κ1) is 18.4. The predicted molar refractivity (Wildman–Crippen MR) is 83.1 cm³/mol. The zero-order chi connectivity index (χ0) is 17.4. The second-order valence-corrected chi connectivity index (χ2v) is 4.61. The molecule has 0 aliphatic heterocycles. The topological polar surface area (TPSA) is 108 Å². The lowest BCUT2D eigenvalue weighted by Gasteiger charge is -2.14. The number of benzene rings is 1. The van der Waals surface area contributed by atoms with E-state index < -0.39 is 22.8 Å². The Hall–Kier alpha value is -2.64. The van der Waals surface area contributed by atoms with Crippen LogP contribution in [-0.2, 0) is 25.5 Å². The van der Waals surface area contributed by atoms with Crippen LogP contribution in [0.3, 0.4) is 0 Å². The number of nitro benzene ring substituents is 1. The Morgan fingerprint density at radius 1 is 1.22 bits per heavy atom. The first-order valence-electron chi connectivity index (χ1n) is 7.22. The van der Waals surface area contributed by atoms with Crippen molar-refractivity contribution in [2.45, 2.75) is 20.3 Å². The molecule has 0 radical (unpaired) electrons. The number of nitrogens with one attached hydrogen (secondary N) is 1. The number of esters is 2. The molecule has 1 aromatic rings. The molecule has 126 valence electrons. The van der Waals surface area contributed by atoms with Gasteiger partial charge in [0.2, 0.25) is 0 Å². The van der Waals surface area contributed by atoms with Crippen molar-refractivity contribution in [3.8, 4) is 0 Å². The summed E-state index contributed by atoms with van der Waals surface area (Å²) < 4.78 is 9.73. The van der Waals surface area contributed by atoms with E-state index in [2.05, 4.69) is 5.32 Å². The fourth-order valence-electron chi connectivity index (χ4n) is 2.03. The number of nitrogens with zero attached hydrogens (tertiary/aromatic N) is 1.